The molecule has 2 fully saturated rings. The minimum absolute atomic E-state index is 0.830. The quantitative estimate of drug-likeness (QED) is 0.543. The summed E-state index contributed by atoms with van der Waals surface area (Å²) < 4.78 is 0. The Kier molecular flexibility index (Phi) is 6.04. The largest absolute Gasteiger partial charge is 0.0891 e. The van der Waals surface area contributed by atoms with Crippen molar-refractivity contribution >= 4 is 15.9 Å². The summed E-state index contributed by atoms with van der Waals surface area (Å²) in [6.07, 6.45) is 14.9. The van der Waals surface area contributed by atoms with Crippen LogP contribution < -0.4 is 0 Å². The third kappa shape index (κ3) is 4.54. The highest BCUT2D eigenvalue weighted by molar-refractivity contribution is 9.09. The normalized spacial score (nSPS) is 38.0. The Labute approximate surface area is 122 Å². The Balaban J connectivity index is 1.67. The summed E-state index contributed by atoms with van der Waals surface area (Å²) in [5.74, 6) is 4.12. The minimum atomic E-state index is 0.830. The molecule has 0 unspecified atom stereocenters. The summed E-state index contributed by atoms with van der Waals surface area (Å²) in [4.78, 5) is 0.830. The van der Waals surface area contributed by atoms with Gasteiger partial charge in [-0.05, 0) is 62.2 Å². The fourth-order valence-corrected chi connectivity index (χ4v) is 4.60. The van der Waals surface area contributed by atoms with Crippen molar-refractivity contribution in [3.05, 3.63) is 0 Å². The summed E-state index contributed by atoms with van der Waals surface area (Å²) in [5.41, 5.74) is 0. The highest BCUT2D eigenvalue weighted by atomic mass is 79.9. The van der Waals surface area contributed by atoms with E-state index in [1.165, 1.54) is 51.4 Å². The van der Waals surface area contributed by atoms with Crippen LogP contribution in [0.1, 0.15) is 78.1 Å². The van der Waals surface area contributed by atoms with Crippen LogP contribution in [0.4, 0.5) is 0 Å². The lowest BCUT2D eigenvalue weighted by Crippen LogP contribution is -2.26. The first-order valence-electron chi connectivity index (χ1n) is 8.29. The van der Waals surface area contributed by atoms with Gasteiger partial charge in [-0.3, -0.25) is 0 Å². The molecule has 18 heavy (non-hydrogen) atoms. The predicted molar refractivity (Wildman–Crippen MR) is 84.2 cm³/mol. The molecule has 0 nitrogen and oxygen atoms in total. The smallest absolute Gasteiger partial charge is 0.0146 e. The lowest BCUT2D eigenvalue weighted by molar-refractivity contribution is 0.163. The van der Waals surface area contributed by atoms with E-state index in [0.29, 0.717) is 0 Å². The van der Waals surface area contributed by atoms with E-state index in [1.807, 2.05) is 0 Å². The van der Waals surface area contributed by atoms with Crippen molar-refractivity contribution in [1.82, 2.24) is 0 Å². The molecule has 0 aromatic heterocycles. The van der Waals surface area contributed by atoms with E-state index in [4.69, 9.17) is 0 Å². The molecular formula is C17H31Br. The maximum Gasteiger partial charge on any atom is 0.0146 e. The van der Waals surface area contributed by atoms with Crippen LogP contribution in [0.5, 0.6) is 0 Å². The van der Waals surface area contributed by atoms with Crippen LogP contribution in [-0.4, -0.2) is 4.83 Å². The summed E-state index contributed by atoms with van der Waals surface area (Å²) >= 11 is 3.78. The van der Waals surface area contributed by atoms with E-state index in [2.05, 4.69) is 29.8 Å². The van der Waals surface area contributed by atoms with Crippen LogP contribution >= 0.6 is 15.9 Å². The van der Waals surface area contributed by atoms with E-state index in [1.54, 1.807) is 12.8 Å². The van der Waals surface area contributed by atoms with Gasteiger partial charge >= 0.3 is 0 Å². The SMILES string of the molecule is CC(C)CCC1CCC(C2CCC(Br)CC2)CC1. The van der Waals surface area contributed by atoms with Gasteiger partial charge in [0.2, 0.25) is 0 Å². The van der Waals surface area contributed by atoms with Crippen LogP contribution in [0.3, 0.4) is 0 Å². The molecule has 0 bridgehead atoms. The minimum Gasteiger partial charge on any atom is -0.0891 e. The van der Waals surface area contributed by atoms with Gasteiger partial charge < -0.3 is 0 Å². The zero-order chi connectivity index (χ0) is 13.0. The molecular weight excluding hydrogens is 284 g/mol. The number of hydrogen-bond acceptors (Lipinski definition) is 0. The van der Waals surface area contributed by atoms with Gasteiger partial charge in [-0.25, -0.2) is 0 Å². The van der Waals surface area contributed by atoms with Gasteiger partial charge in [0.05, 0.1) is 0 Å². The molecule has 0 aromatic carbocycles. The molecule has 2 aliphatic rings. The number of halogens is 1. The molecule has 0 heterocycles. The third-order valence-corrected chi connectivity index (χ3v) is 6.33. The first-order chi connectivity index (χ1) is 8.65. The molecule has 0 saturated heterocycles. The van der Waals surface area contributed by atoms with Crippen molar-refractivity contribution in [2.45, 2.75) is 82.9 Å². The Morgan fingerprint density at radius 2 is 1.33 bits per heavy atom. The highest BCUT2D eigenvalue weighted by Gasteiger charge is 2.30. The lowest BCUT2D eigenvalue weighted by Gasteiger charge is -2.37. The van der Waals surface area contributed by atoms with Crippen LogP contribution in [0, 0.1) is 23.7 Å². The second-order valence-electron chi connectivity index (χ2n) is 7.26. The van der Waals surface area contributed by atoms with Crippen molar-refractivity contribution in [3.8, 4) is 0 Å². The lowest BCUT2D eigenvalue weighted by atomic mass is 9.70. The Morgan fingerprint density at radius 3 is 1.83 bits per heavy atom. The van der Waals surface area contributed by atoms with Gasteiger partial charge in [0.1, 0.15) is 0 Å². The fourth-order valence-electron chi connectivity index (χ4n) is 4.07. The Morgan fingerprint density at radius 1 is 0.833 bits per heavy atom. The zero-order valence-corrected chi connectivity index (χ0v) is 13.9. The summed E-state index contributed by atoms with van der Waals surface area (Å²) in [7, 11) is 0. The van der Waals surface area contributed by atoms with Crippen molar-refractivity contribution < 1.29 is 0 Å². The molecule has 2 aliphatic carbocycles. The van der Waals surface area contributed by atoms with E-state index in [9.17, 15) is 0 Å². The number of alkyl halides is 1. The Hall–Kier alpha value is 0.480. The van der Waals surface area contributed by atoms with Crippen LogP contribution in [0.25, 0.3) is 0 Å². The van der Waals surface area contributed by atoms with Crippen molar-refractivity contribution in [3.63, 3.8) is 0 Å². The monoisotopic (exact) mass is 314 g/mol. The first kappa shape index (κ1) is 14.9. The van der Waals surface area contributed by atoms with Crippen molar-refractivity contribution in [2.75, 3.05) is 0 Å². The van der Waals surface area contributed by atoms with Crippen molar-refractivity contribution in [1.29, 1.82) is 0 Å². The maximum absolute atomic E-state index is 3.78. The van der Waals surface area contributed by atoms with Crippen LogP contribution in [0.15, 0.2) is 0 Å². The maximum atomic E-state index is 3.78. The van der Waals surface area contributed by atoms with Gasteiger partial charge in [-0.15, -0.1) is 0 Å². The number of rotatable bonds is 4. The average Bonchev–Trinajstić information content (AvgIpc) is 2.38. The Bertz CT molecular complexity index is 220. The summed E-state index contributed by atoms with van der Waals surface area (Å²) in [5, 5.41) is 0. The van der Waals surface area contributed by atoms with E-state index in [-0.39, 0.29) is 0 Å². The van der Waals surface area contributed by atoms with E-state index >= 15 is 0 Å². The molecule has 0 spiro atoms. The molecule has 0 aliphatic heterocycles. The molecule has 0 radical (unpaired) electrons. The standard InChI is InChI=1S/C17H31Br/c1-13(2)3-4-14-5-7-15(8-6-14)16-9-11-17(18)12-10-16/h13-17H,3-12H2,1-2H3. The van der Waals surface area contributed by atoms with Gasteiger partial charge in [0, 0.05) is 4.83 Å². The van der Waals surface area contributed by atoms with Gasteiger partial charge in [-0.1, -0.05) is 55.5 Å². The van der Waals surface area contributed by atoms with Crippen LogP contribution in [-0.2, 0) is 0 Å². The predicted octanol–water partition coefficient (Wildman–Crippen LogP) is 6.18. The number of hydrogen-bond donors (Lipinski definition) is 0. The van der Waals surface area contributed by atoms with Gasteiger partial charge in [0.15, 0.2) is 0 Å². The van der Waals surface area contributed by atoms with Gasteiger partial charge in [-0.2, -0.15) is 0 Å². The van der Waals surface area contributed by atoms with Crippen molar-refractivity contribution in [2.24, 2.45) is 23.7 Å². The second kappa shape index (κ2) is 7.31. The molecule has 0 N–H and O–H groups in total. The molecule has 0 aromatic rings. The highest BCUT2D eigenvalue weighted by Crippen LogP contribution is 2.42. The molecule has 2 saturated carbocycles. The molecule has 0 atom stereocenters. The fraction of sp³-hybridized carbons (Fsp3) is 1.00. The van der Waals surface area contributed by atoms with E-state index in [0.717, 1.165) is 28.5 Å². The molecule has 0 amide bonds. The second-order valence-corrected chi connectivity index (χ2v) is 8.56. The molecule has 2 rings (SSSR count). The zero-order valence-electron chi connectivity index (χ0n) is 12.3. The topological polar surface area (TPSA) is 0 Å². The van der Waals surface area contributed by atoms with Gasteiger partial charge in [0.25, 0.3) is 0 Å². The first-order valence-corrected chi connectivity index (χ1v) is 9.20. The molecule has 1 heteroatoms. The van der Waals surface area contributed by atoms with E-state index < -0.39 is 0 Å². The third-order valence-electron chi connectivity index (χ3n) is 5.41. The summed E-state index contributed by atoms with van der Waals surface area (Å²) in [6, 6.07) is 0. The van der Waals surface area contributed by atoms with Crippen LogP contribution in [0.2, 0.25) is 0 Å². The molecule has 106 valence electrons. The summed E-state index contributed by atoms with van der Waals surface area (Å²) in [6.45, 7) is 4.73. The average molecular weight is 315 g/mol.